The number of hydrogen-bond donors (Lipinski definition) is 1. The van der Waals surface area contributed by atoms with Gasteiger partial charge < -0.3 is 5.73 Å². The van der Waals surface area contributed by atoms with Crippen LogP contribution in [0.5, 0.6) is 0 Å². The molecule has 0 aromatic rings. The third-order valence-electron chi connectivity index (χ3n) is 0.841. The second-order valence-corrected chi connectivity index (χ2v) is 1.44. The summed E-state index contributed by atoms with van der Waals surface area (Å²) < 4.78 is 23.4. The molecular weight excluding hydrogens is 124 g/mol. The Morgan fingerprint density at radius 1 is 1.67 bits per heavy atom. The zero-order valence-electron chi connectivity index (χ0n) is 4.98. The van der Waals surface area contributed by atoms with Crippen LogP contribution in [0.1, 0.15) is 0 Å². The molecular formula is C6H9F2N. The van der Waals surface area contributed by atoms with Gasteiger partial charge in [-0.1, -0.05) is 18.7 Å². The Bertz CT molecular complexity index is 118. The molecule has 1 nitrogen and oxygen atoms in total. The lowest BCUT2D eigenvalue weighted by Crippen LogP contribution is -1.99. The van der Waals surface area contributed by atoms with Crippen molar-refractivity contribution in [1.82, 2.24) is 0 Å². The average Bonchev–Trinajstić information content (AvgIpc) is 1.82. The minimum Gasteiger partial charge on any atom is -0.327 e. The number of alkyl halides is 2. The van der Waals surface area contributed by atoms with Gasteiger partial charge in [-0.2, -0.15) is 0 Å². The van der Waals surface area contributed by atoms with E-state index in [0.717, 1.165) is 6.08 Å². The van der Waals surface area contributed by atoms with Crippen LogP contribution in [0.15, 0.2) is 24.3 Å². The van der Waals surface area contributed by atoms with Gasteiger partial charge in [-0.15, -0.1) is 0 Å². The van der Waals surface area contributed by atoms with E-state index in [-0.39, 0.29) is 12.1 Å². The van der Waals surface area contributed by atoms with E-state index in [4.69, 9.17) is 5.73 Å². The molecule has 0 aliphatic heterocycles. The lowest BCUT2D eigenvalue weighted by molar-refractivity contribution is 0.194. The number of nitrogens with two attached hydrogens (primary N) is 1. The Hall–Kier alpha value is -0.700. The molecule has 0 rings (SSSR count). The smallest absolute Gasteiger partial charge is 0.263 e. The lowest BCUT2D eigenvalue weighted by atomic mass is 10.2. The van der Waals surface area contributed by atoms with Crippen molar-refractivity contribution in [2.24, 2.45) is 5.73 Å². The Kier molecular flexibility index (Phi) is 3.88. The first-order valence-corrected chi connectivity index (χ1v) is 2.53. The van der Waals surface area contributed by atoms with E-state index in [9.17, 15) is 8.78 Å². The monoisotopic (exact) mass is 133 g/mol. The second-order valence-electron chi connectivity index (χ2n) is 1.44. The molecule has 0 bridgehead atoms. The van der Waals surface area contributed by atoms with Crippen LogP contribution in [0.4, 0.5) is 8.78 Å². The van der Waals surface area contributed by atoms with Gasteiger partial charge in [0.1, 0.15) is 0 Å². The van der Waals surface area contributed by atoms with Gasteiger partial charge in [0.15, 0.2) is 0 Å². The molecule has 0 amide bonds. The zero-order valence-corrected chi connectivity index (χ0v) is 4.98. The van der Waals surface area contributed by atoms with Crippen molar-refractivity contribution in [3.05, 3.63) is 24.3 Å². The Morgan fingerprint density at radius 3 is 2.33 bits per heavy atom. The third-order valence-corrected chi connectivity index (χ3v) is 0.841. The highest BCUT2D eigenvalue weighted by molar-refractivity contribution is 5.18. The van der Waals surface area contributed by atoms with Crippen molar-refractivity contribution < 1.29 is 8.78 Å². The average molecular weight is 133 g/mol. The number of halogens is 2. The van der Waals surface area contributed by atoms with Gasteiger partial charge in [0, 0.05) is 12.1 Å². The Morgan fingerprint density at radius 2 is 2.22 bits per heavy atom. The summed E-state index contributed by atoms with van der Waals surface area (Å²) in [6, 6.07) is 0. The van der Waals surface area contributed by atoms with E-state index < -0.39 is 6.43 Å². The van der Waals surface area contributed by atoms with Gasteiger partial charge >= 0.3 is 0 Å². The number of hydrogen-bond acceptors (Lipinski definition) is 1. The van der Waals surface area contributed by atoms with Crippen molar-refractivity contribution >= 4 is 0 Å². The van der Waals surface area contributed by atoms with Gasteiger partial charge in [-0.05, 0) is 0 Å². The topological polar surface area (TPSA) is 26.0 Å². The largest absolute Gasteiger partial charge is 0.327 e. The van der Waals surface area contributed by atoms with Gasteiger partial charge in [0.05, 0.1) is 0 Å². The first kappa shape index (κ1) is 8.30. The predicted octanol–water partition coefficient (Wildman–Crippen LogP) is 1.32. The van der Waals surface area contributed by atoms with E-state index in [1.54, 1.807) is 0 Å². The molecule has 0 aliphatic rings. The Balaban J connectivity index is 3.97. The summed E-state index contributed by atoms with van der Waals surface area (Å²) in [5.41, 5.74) is 4.89. The molecule has 0 heterocycles. The van der Waals surface area contributed by atoms with Crippen molar-refractivity contribution in [2.45, 2.75) is 6.43 Å². The van der Waals surface area contributed by atoms with Crippen LogP contribution in [0.2, 0.25) is 0 Å². The highest BCUT2D eigenvalue weighted by atomic mass is 19.3. The summed E-state index contributed by atoms with van der Waals surface area (Å²) in [5.74, 6) is 0. The Labute approximate surface area is 52.9 Å². The van der Waals surface area contributed by atoms with E-state index in [1.807, 2.05) is 0 Å². The van der Waals surface area contributed by atoms with E-state index >= 15 is 0 Å². The van der Waals surface area contributed by atoms with Gasteiger partial charge in [-0.3, -0.25) is 0 Å². The SMILES string of the molecule is C=C/C(=C\CN)C(F)F. The van der Waals surface area contributed by atoms with Gasteiger partial charge in [-0.25, -0.2) is 8.78 Å². The minimum atomic E-state index is -2.45. The summed E-state index contributed by atoms with van der Waals surface area (Å²) >= 11 is 0. The van der Waals surface area contributed by atoms with Crippen LogP contribution in [-0.4, -0.2) is 13.0 Å². The number of allylic oxidation sites excluding steroid dienone is 2. The maximum atomic E-state index is 11.7. The maximum absolute atomic E-state index is 11.7. The molecule has 9 heavy (non-hydrogen) atoms. The first-order chi connectivity index (χ1) is 4.22. The molecule has 0 spiro atoms. The summed E-state index contributed by atoms with van der Waals surface area (Å²) in [6.07, 6.45) is -0.0964. The van der Waals surface area contributed by atoms with Crippen molar-refractivity contribution in [3.8, 4) is 0 Å². The second kappa shape index (κ2) is 4.21. The van der Waals surface area contributed by atoms with Gasteiger partial charge in [0.2, 0.25) is 0 Å². The van der Waals surface area contributed by atoms with E-state index in [0.29, 0.717) is 0 Å². The zero-order chi connectivity index (χ0) is 7.28. The first-order valence-electron chi connectivity index (χ1n) is 2.53. The van der Waals surface area contributed by atoms with Gasteiger partial charge in [0.25, 0.3) is 6.43 Å². The molecule has 0 atom stereocenters. The third kappa shape index (κ3) is 2.98. The van der Waals surface area contributed by atoms with Crippen molar-refractivity contribution in [3.63, 3.8) is 0 Å². The van der Waals surface area contributed by atoms with Crippen LogP contribution in [0.3, 0.4) is 0 Å². The van der Waals surface area contributed by atoms with Crippen molar-refractivity contribution in [1.29, 1.82) is 0 Å². The fraction of sp³-hybridized carbons (Fsp3) is 0.333. The summed E-state index contributed by atoms with van der Waals surface area (Å²) in [4.78, 5) is 0. The molecule has 0 radical (unpaired) electrons. The molecule has 2 N–H and O–H groups in total. The predicted molar refractivity (Wildman–Crippen MR) is 33.3 cm³/mol. The van der Waals surface area contributed by atoms with Crippen LogP contribution < -0.4 is 5.73 Å². The summed E-state index contributed by atoms with van der Waals surface area (Å²) in [7, 11) is 0. The van der Waals surface area contributed by atoms with Crippen LogP contribution >= 0.6 is 0 Å². The highest BCUT2D eigenvalue weighted by Crippen LogP contribution is 2.07. The molecule has 0 aromatic carbocycles. The fourth-order valence-electron chi connectivity index (χ4n) is 0.398. The molecule has 0 saturated heterocycles. The summed E-state index contributed by atoms with van der Waals surface area (Å²) in [5, 5.41) is 0. The molecule has 0 saturated carbocycles. The summed E-state index contributed by atoms with van der Waals surface area (Å²) in [6.45, 7) is 3.33. The van der Waals surface area contributed by atoms with Crippen LogP contribution in [0.25, 0.3) is 0 Å². The molecule has 0 aromatic heterocycles. The molecule has 52 valence electrons. The maximum Gasteiger partial charge on any atom is 0.263 e. The fourth-order valence-corrected chi connectivity index (χ4v) is 0.398. The van der Waals surface area contributed by atoms with Crippen molar-refractivity contribution in [2.75, 3.05) is 6.54 Å². The quantitative estimate of drug-likeness (QED) is 0.577. The normalized spacial score (nSPS) is 12.2. The number of rotatable bonds is 3. The molecule has 3 heteroatoms. The highest BCUT2D eigenvalue weighted by Gasteiger charge is 2.04. The van der Waals surface area contributed by atoms with Crippen LogP contribution in [0, 0.1) is 0 Å². The molecule has 0 unspecified atom stereocenters. The standard InChI is InChI=1S/C6H9F2N/c1-2-5(3-4-9)6(7)8/h2-3,6H,1,4,9H2/b5-3+. The molecule has 0 aliphatic carbocycles. The lowest BCUT2D eigenvalue weighted by Gasteiger charge is -1.96. The van der Waals surface area contributed by atoms with E-state index in [2.05, 4.69) is 6.58 Å². The van der Waals surface area contributed by atoms with E-state index in [1.165, 1.54) is 6.08 Å². The molecule has 0 fully saturated rings. The minimum absolute atomic E-state index is 0.0995. The van der Waals surface area contributed by atoms with Crippen LogP contribution in [-0.2, 0) is 0 Å².